The van der Waals surface area contributed by atoms with Gasteiger partial charge in [-0.3, -0.25) is 9.59 Å². The monoisotopic (exact) mass is 314 g/mol. The van der Waals surface area contributed by atoms with Crippen molar-refractivity contribution in [2.24, 2.45) is 5.92 Å². The molecule has 1 aliphatic rings. The minimum absolute atomic E-state index is 0.137. The van der Waals surface area contributed by atoms with Crippen LogP contribution in [0.25, 0.3) is 10.9 Å². The van der Waals surface area contributed by atoms with Crippen LogP contribution >= 0.6 is 0 Å². The van der Waals surface area contributed by atoms with Gasteiger partial charge in [0.25, 0.3) is 0 Å². The van der Waals surface area contributed by atoms with Crippen molar-refractivity contribution in [3.63, 3.8) is 0 Å². The van der Waals surface area contributed by atoms with E-state index in [1.165, 1.54) is 0 Å². The van der Waals surface area contributed by atoms with Crippen LogP contribution in [0.1, 0.15) is 32.6 Å². The predicted molar refractivity (Wildman–Crippen MR) is 88.1 cm³/mol. The van der Waals surface area contributed by atoms with Crippen LogP contribution < -0.4 is 5.32 Å². The Bertz CT molecular complexity index is 737. The molecule has 122 valence electrons. The molecule has 5 nitrogen and oxygen atoms in total. The van der Waals surface area contributed by atoms with Gasteiger partial charge < -0.3 is 15.0 Å². The number of carbonyl (C=O) groups is 2. The van der Waals surface area contributed by atoms with Gasteiger partial charge in [0.15, 0.2) is 0 Å². The maximum absolute atomic E-state index is 12.5. The zero-order chi connectivity index (χ0) is 16.4. The average Bonchev–Trinajstić information content (AvgIpc) is 2.90. The number of carboxylic acids is 1. The molecule has 0 bridgehead atoms. The van der Waals surface area contributed by atoms with E-state index in [2.05, 4.69) is 5.32 Å². The van der Waals surface area contributed by atoms with Crippen molar-refractivity contribution in [2.45, 2.75) is 44.7 Å². The van der Waals surface area contributed by atoms with Crippen molar-refractivity contribution in [1.82, 2.24) is 9.88 Å². The van der Waals surface area contributed by atoms with Crippen LogP contribution in [-0.2, 0) is 16.1 Å². The number of hydrogen-bond donors (Lipinski definition) is 2. The molecule has 0 radical (unpaired) electrons. The molecule has 1 fully saturated rings. The number of aromatic nitrogens is 1. The molecule has 1 aliphatic carbocycles. The van der Waals surface area contributed by atoms with Crippen molar-refractivity contribution < 1.29 is 14.7 Å². The van der Waals surface area contributed by atoms with Gasteiger partial charge in [-0.05, 0) is 37.3 Å². The maximum atomic E-state index is 12.5. The molecule has 1 amide bonds. The normalized spacial score (nSPS) is 24.5. The van der Waals surface area contributed by atoms with E-state index in [0.717, 1.165) is 23.7 Å². The van der Waals surface area contributed by atoms with E-state index in [4.69, 9.17) is 0 Å². The fourth-order valence-corrected chi connectivity index (χ4v) is 3.67. The Balaban J connectivity index is 1.74. The molecule has 1 heterocycles. The highest BCUT2D eigenvalue weighted by molar-refractivity contribution is 5.84. The minimum Gasteiger partial charge on any atom is -0.481 e. The summed E-state index contributed by atoms with van der Waals surface area (Å²) in [4.78, 5) is 24.0. The quantitative estimate of drug-likeness (QED) is 0.911. The van der Waals surface area contributed by atoms with Gasteiger partial charge in [0, 0.05) is 11.7 Å². The molecule has 0 aliphatic heterocycles. The van der Waals surface area contributed by atoms with Crippen LogP contribution in [0.2, 0.25) is 0 Å². The number of nitrogens with one attached hydrogen (secondary N) is 1. The summed E-state index contributed by atoms with van der Waals surface area (Å²) in [6, 6.07) is 9.87. The van der Waals surface area contributed by atoms with Crippen LogP contribution in [-0.4, -0.2) is 27.1 Å². The molecule has 2 unspecified atom stereocenters. The molecule has 1 aromatic heterocycles. The van der Waals surface area contributed by atoms with E-state index in [1.807, 2.05) is 48.0 Å². The third-order valence-electron chi connectivity index (χ3n) is 4.93. The summed E-state index contributed by atoms with van der Waals surface area (Å²) in [6.45, 7) is 2.06. The molecule has 0 spiro atoms. The van der Waals surface area contributed by atoms with Crippen LogP contribution in [0.15, 0.2) is 36.5 Å². The lowest BCUT2D eigenvalue weighted by Crippen LogP contribution is -2.56. The van der Waals surface area contributed by atoms with Crippen LogP contribution in [0, 0.1) is 5.92 Å². The first-order chi connectivity index (χ1) is 11.0. The van der Waals surface area contributed by atoms with E-state index >= 15 is 0 Å². The molecular formula is C18H22N2O3. The van der Waals surface area contributed by atoms with Gasteiger partial charge in [0.2, 0.25) is 5.91 Å². The van der Waals surface area contributed by atoms with Crippen molar-refractivity contribution in [1.29, 1.82) is 0 Å². The van der Waals surface area contributed by atoms with Gasteiger partial charge in [-0.1, -0.05) is 31.0 Å². The Hall–Kier alpha value is -2.30. The van der Waals surface area contributed by atoms with Crippen LogP contribution in [0.4, 0.5) is 0 Å². The largest absolute Gasteiger partial charge is 0.481 e. The van der Waals surface area contributed by atoms with Crippen molar-refractivity contribution in [3.8, 4) is 0 Å². The first-order valence-corrected chi connectivity index (χ1v) is 8.07. The number of rotatable bonds is 4. The second kappa shape index (κ2) is 6.07. The summed E-state index contributed by atoms with van der Waals surface area (Å²) in [5, 5.41) is 13.5. The molecule has 2 N–H and O–H groups in total. The van der Waals surface area contributed by atoms with E-state index in [9.17, 15) is 14.7 Å². The van der Waals surface area contributed by atoms with Gasteiger partial charge in [0.05, 0.1) is 11.5 Å². The Labute approximate surface area is 135 Å². The molecule has 1 saturated carbocycles. The highest BCUT2D eigenvalue weighted by Crippen LogP contribution is 2.33. The SMILES string of the molecule is CC1(NC(=O)Cn2ccc3ccccc32)CCCCC1C(=O)O. The Morgan fingerprint density at radius 3 is 2.87 bits per heavy atom. The standard InChI is InChI=1S/C18H22N2O3/c1-18(10-5-4-7-14(18)17(22)23)19-16(21)12-20-11-9-13-6-2-3-8-15(13)20/h2-3,6,8-9,11,14H,4-5,7,10,12H2,1H3,(H,19,21)(H,22,23). The van der Waals surface area contributed by atoms with Crippen LogP contribution in [0.3, 0.4) is 0 Å². The molecule has 5 heteroatoms. The predicted octanol–water partition coefficient (Wildman–Crippen LogP) is 2.79. The summed E-state index contributed by atoms with van der Waals surface area (Å²) >= 11 is 0. The second-order valence-corrected chi connectivity index (χ2v) is 6.60. The Morgan fingerprint density at radius 2 is 2.09 bits per heavy atom. The highest BCUT2D eigenvalue weighted by Gasteiger charge is 2.42. The lowest BCUT2D eigenvalue weighted by Gasteiger charge is -2.39. The number of hydrogen-bond acceptors (Lipinski definition) is 2. The smallest absolute Gasteiger partial charge is 0.308 e. The topological polar surface area (TPSA) is 71.3 Å². The summed E-state index contributed by atoms with van der Waals surface area (Å²) in [6.07, 6.45) is 5.08. The molecule has 2 atom stereocenters. The van der Waals surface area contributed by atoms with Gasteiger partial charge in [-0.2, -0.15) is 0 Å². The number of carbonyl (C=O) groups excluding carboxylic acids is 1. The first-order valence-electron chi connectivity index (χ1n) is 8.07. The summed E-state index contributed by atoms with van der Waals surface area (Å²) in [5.74, 6) is -1.47. The number of benzene rings is 1. The van der Waals surface area contributed by atoms with E-state index in [-0.39, 0.29) is 12.5 Å². The average molecular weight is 314 g/mol. The molecule has 2 aromatic rings. The van der Waals surface area contributed by atoms with Crippen molar-refractivity contribution >= 4 is 22.8 Å². The third kappa shape index (κ3) is 3.09. The van der Waals surface area contributed by atoms with E-state index in [0.29, 0.717) is 12.8 Å². The number of carboxylic acid groups (broad SMARTS) is 1. The molecular weight excluding hydrogens is 292 g/mol. The number of amides is 1. The minimum atomic E-state index is -0.820. The van der Waals surface area contributed by atoms with E-state index < -0.39 is 17.4 Å². The fraction of sp³-hybridized carbons (Fsp3) is 0.444. The molecule has 1 aromatic carbocycles. The molecule has 0 saturated heterocycles. The van der Waals surface area contributed by atoms with Crippen molar-refractivity contribution in [2.75, 3.05) is 0 Å². The number of nitrogens with zero attached hydrogens (tertiary/aromatic N) is 1. The van der Waals surface area contributed by atoms with Gasteiger partial charge in [-0.25, -0.2) is 0 Å². The summed E-state index contributed by atoms with van der Waals surface area (Å²) in [7, 11) is 0. The number of fused-ring (bicyclic) bond motifs is 1. The van der Waals surface area contributed by atoms with Crippen LogP contribution in [0.5, 0.6) is 0 Å². The maximum Gasteiger partial charge on any atom is 0.308 e. The van der Waals surface area contributed by atoms with Gasteiger partial charge in [0.1, 0.15) is 6.54 Å². The second-order valence-electron chi connectivity index (χ2n) is 6.60. The highest BCUT2D eigenvalue weighted by atomic mass is 16.4. The Morgan fingerprint density at radius 1 is 1.30 bits per heavy atom. The summed E-state index contributed by atoms with van der Waals surface area (Å²) in [5.41, 5.74) is 0.343. The Kier molecular flexibility index (Phi) is 4.11. The van der Waals surface area contributed by atoms with Crippen molar-refractivity contribution in [3.05, 3.63) is 36.5 Å². The zero-order valence-corrected chi connectivity index (χ0v) is 13.3. The zero-order valence-electron chi connectivity index (χ0n) is 13.3. The first kappa shape index (κ1) is 15.6. The lowest BCUT2D eigenvalue weighted by atomic mass is 9.74. The fourth-order valence-electron chi connectivity index (χ4n) is 3.67. The number of para-hydroxylation sites is 1. The third-order valence-corrected chi connectivity index (χ3v) is 4.93. The summed E-state index contributed by atoms with van der Waals surface area (Å²) < 4.78 is 1.90. The van der Waals surface area contributed by atoms with E-state index in [1.54, 1.807) is 0 Å². The van der Waals surface area contributed by atoms with Gasteiger partial charge >= 0.3 is 5.97 Å². The van der Waals surface area contributed by atoms with Gasteiger partial charge in [-0.15, -0.1) is 0 Å². The molecule has 3 rings (SSSR count). The number of aliphatic carboxylic acids is 1. The lowest BCUT2D eigenvalue weighted by molar-refractivity contribution is -0.146. The molecule has 23 heavy (non-hydrogen) atoms.